The van der Waals surface area contributed by atoms with E-state index in [9.17, 15) is 0 Å². The van der Waals surface area contributed by atoms with Crippen molar-refractivity contribution in [3.8, 4) is 0 Å². The molecule has 4 N–H and O–H groups in total. The van der Waals surface area contributed by atoms with E-state index in [4.69, 9.17) is 19.2 Å². The second-order valence-electron chi connectivity index (χ2n) is 0.600. The third kappa shape index (κ3) is 91.5. The Morgan fingerprint density at radius 1 is 1.00 bits per heavy atom. The summed E-state index contributed by atoms with van der Waals surface area (Å²) in [4.78, 5) is 29.3. The summed E-state index contributed by atoms with van der Waals surface area (Å²) in [5.41, 5.74) is 0. The van der Waals surface area contributed by atoms with E-state index in [2.05, 4.69) is 0 Å². The summed E-state index contributed by atoms with van der Waals surface area (Å²) in [7, 11) is -4.61. The molecular formula is H6FKO4Si. The number of hydrogen-bond acceptors (Lipinski definition) is 4. The van der Waals surface area contributed by atoms with Crippen LogP contribution in [0.3, 0.4) is 0 Å². The maximum Gasteiger partial charge on any atom is 1.00 e. The van der Waals surface area contributed by atoms with Gasteiger partial charge in [-0.2, -0.15) is 0 Å². The third-order valence-electron chi connectivity index (χ3n) is 0. The number of rotatable bonds is 0. The van der Waals surface area contributed by atoms with Crippen LogP contribution in [-0.2, 0) is 0 Å². The molecule has 7 heteroatoms. The van der Waals surface area contributed by atoms with Crippen molar-refractivity contribution in [2.24, 2.45) is 0 Å². The fourth-order valence-electron chi connectivity index (χ4n) is 0. The van der Waals surface area contributed by atoms with Gasteiger partial charge in [0.05, 0.1) is 0 Å². The van der Waals surface area contributed by atoms with E-state index in [1.165, 1.54) is 0 Å². The van der Waals surface area contributed by atoms with Crippen molar-refractivity contribution in [2.45, 2.75) is 0 Å². The Labute approximate surface area is 84.6 Å². The first kappa shape index (κ1) is 15.8. The molecule has 0 aromatic heterocycles. The predicted octanol–water partition coefficient (Wildman–Crippen LogP) is -5.34. The maximum atomic E-state index is 7.33. The smallest absolute Gasteiger partial charge is 1.00 e. The fourth-order valence-corrected chi connectivity index (χ4v) is 0. The van der Waals surface area contributed by atoms with Gasteiger partial charge < -0.3 is 20.6 Å². The topological polar surface area (TPSA) is 80.9 Å². The van der Waals surface area contributed by atoms with Crippen molar-refractivity contribution in [3.05, 3.63) is 0 Å². The Hall–Kier alpha value is 1.62. The Morgan fingerprint density at radius 3 is 1.00 bits per heavy atom. The van der Waals surface area contributed by atoms with Gasteiger partial charge in [-0.15, -0.1) is 0 Å². The normalized spacial score (nSPS) is 8.57. The zero-order valence-electron chi connectivity index (χ0n) is 4.70. The van der Waals surface area contributed by atoms with Crippen LogP contribution < -0.4 is 51.4 Å². The third-order valence-corrected chi connectivity index (χ3v) is 0. The molecule has 0 spiro atoms. The molecule has 7 heavy (non-hydrogen) atoms. The van der Waals surface area contributed by atoms with Crippen molar-refractivity contribution < 1.29 is 76.7 Å². The molecule has 42 valence electrons. The van der Waals surface area contributed by atoms with Gasteiger partial charge in [-0.05, 0) is 0 Å². The van der Waals surface area contributed by atoms with Crippen LogP contribution in [-0.4, -0.2) is 28.2 Å². The zero-order valence-corrected chi connectivity index (χ0v) is 7.82. The van der Waals surface area contributed by atoms with Crippen LogP contribution in [0.5, 0.6) is 0 Å². The Balaban J connectivity index is -0.0000000267. The van der Waals surface area contributed by atoms with Gasteiger partial charge in [0, 0.05) is 0 Å². The molecule has 0 aliphatic heterocycles. The van der Waals surface area contributed by atoms with E-state index in [0.29, 0.717) is 0 Å². The summed E-state index contributed by atoms with van der Waals surface area (Å²) in [6.07, 6.45) is 0. The van der Waals surface area contributed by atoms with E-state index >= 15 is 0 Å². The first-order chi connectivity index (χ1) is 2.00. The SMILES string of the molecule is F.O[Si](O)(O)O.[H-].[K+]. The van der Waals surface area contributed by atoms with Crippen molar-refractivity contribution in [2.75, 3.05) is 0 Å². The minimum Gasteiger partial charge on any atom is -1.00 e. The van der Waals surface area contributed by atoms with Crippen LogP contribution in [0.1, 0.15) is 1.43 Å². The summed E-state index contributed by atoms with van der Waals surface area (Å²) >= 11 is 0. The number of hydrogen-bond donors (Lipinski definition) is 4. The van der Waals surface area contributed by atoms with Gasteiger partial charge >= 0.3 is 60.4 Å². The maximum absolute atomic E-state index is 7.33. The molecule has 0 radical (unpaired) electrons. The zero-order chi connectivity index (χ0) is 4.50. The molecule has 0 atom stereocenters. The fraction of sp³-hybridized carbons (Fsp3) is 0. The van der Waals surface area contributed by atoms with E-state index in [1.807, 2.05) is 0 Å². The number of halogens is 1. The molecule has 0 fully saturated rings. The Bertz CT molecular complexity index is 31.5. The summed E-state index contributed by atoms with van der Waals surface area (Å²) < 4.78 is 0. The molecule has 0 aromatic carbocycles. The summed E-state index contributed by atoms with van der Waals surface area (Å²) in [6, 6.07) is 0. The first-order valence-corrected chi connectivity index (χ1v) is 2.68. The molecule has 0 unspecified atom stereocenters. The molecule has 0 heterocycles. The minimum absolute atomic E-state index is 0. The van der Waals surface area contributed by atoms with Gasteiger partial charge in [0.1, 0.15) is 0 Å². The van der Waals surface area contributed by atoms with E-state index in [1.54, 1.807) is 0 Å². The molecule has 0 amide bonds. The summed E-state index contributed by atoms with van der Waals surface area (Å²) in [5, 5.41) is 0. The van der Waals surface area contributed by atoms with Crippen molar-refractivity contribution >= 4 is 9.05 Å². The molecule has 0 saturated heterocycles. The predicted molar refractivity (Wildman–Crippen MR) is 18.2 cm³/mol. The minimum atomic E-state index is -4.61. The second kappa shape index (κ2) is 5.75. The summed E-state index contributed by atoms with van der Waals surface area (Å²) in [6.45, 7) is 0. The average Bonchev–Trinajstić information content (AvgIpc) is 0.722. The van der Waals surface area contributed by atoms with Crippen LogP contribution in [0, 0.1) is 0 Å². The van der Waals surface area contributed by atoms with E-state index in [-0.39, 0.29) is 57.5 Å². The largest absolute Gasteiger partial charge is 1.00 e. The van der Waals surface area contributed by atoms with Gasteiger partial charge in [-0.25, -0.2) is 0 Å². The standard InChI is InChI=1S/FH.K.H4O4Si.H/c;;1-5(2,3)4;/h1H;;1-4H;/q;+1;;-1. The second-order valence-corrected chi connectivity index (χ2v) is 1.80. The Morgan fingerprint density at radius 2 is 1.00 bits per heavy atom. The van der Waals surface area contributed by atoms with Gasteiger partial charge in [-0.1, -0.05) is 0 Å². The van der Waals surface area contributed by atoms with Gasteiger partial charge in [0.15, 0.2) is 0 Å². The van der Waals surface area contributed by atoms with Crippen molar-refractivity contribution in [3.63, 3.8) is 0 Å². The molecule has 4 nitrogen and oxygen atoms in total. The van der Waals surface area contributed by atoms with Crippen LogP contribution in [0.25, 0.3) is 0 Å². The van der Waals surface area contributed by atoms with Crippen LogP contribution in [0.2, 0.25) is 0 Å². The van der Waals surface area contributed by atoms with Crippen LogP contribution in [0.15, 0.2) is 0 Å². The molecule has 0 saturated carbocycles. The molecule has 0 rings (SSSR count). The van der Waals surface area contributed by atoms with Gasteiger partial charge in [-0.3, -0.25) is 4.70 Å². The van der Waals surface area contributed by atoms with Crippen LogP contribution >= 0.6 is 0 Å². The van der Waals surface area contributed by atoms with E-state index in [0.717, 1.165) is 0 Å². The van der Waals surface area contributed by atoms with Crippen molar-refractivity contribution in [1.29, 1.82) is 0 Å². The monoisotopic (exact) mass is 156 g/mol. The molecule has 0 aliphatic carbocycles. The molecule has 0 aliphatic rings. The first-order valence-electron chi connectivity index (χ1n) is 0.894. The summed E-state index contributed by atoms with van der Waals surface area (Å²) in [5.74, 6) is 0. The molecule has 0 bridgehead atoms. The molecule has 0 aromatic rings. The molecular weight excluding hydrogens is 150 g/mol. The van der Waals surface area contributed by atoms with Crippen molar-refractivity contribution in [1.82, 2.24) is 0 Å². The van der Waals surface area contributed by atoms with Gasteiger partial charge in [0.2, 0.25) is 0 Å². The van der Waals surface area contributed by atoms with Crippen LogP contribution in [0.4, 0.5) is 4.70 Å². The van der Waals surface area contributed by atoms with E-state index < -0.39 is 9.05 Å². The van der Waals surface area contributed by atoms with Gasteiger partial charge in [0.25, 0.3) is 0 Å². The quantitative estimate of drug-likeness (QED) is 0.264. The Kier molecular flexibility index (Phi) is 13.0. The average molecular weight is 156 g/mol.